The Labute approximate surface area is 131 Å². The van der Waals surface area contributed by atoms with Gasteiger partial charge in [-0.25, -0.2) is 13.6 Å². The standard InChI is InChI=1S/C14H19BrF2N2O2/c1-13(2,3)21-12(20)19-14(4,7-18)9-5-8(15)6-10(16)11(9)17/h5-6H,7,18H2,1-4H3,(H,19,20)/t14-/m0/s1. The van der Waals surface area contributed by atoms with Gasteiger partial charge in [-0.2, -0.15) is 0 Å². The van der Waals surface area contributed by atoms with E-state index in [9.17, 15) is 13.6 Å². The predicted molar refractivity (Wildman–Crippen MR) is 79.8 cm³/mol. The van der Waals surface area contributed by atoms with Gasteiger partial charge in [0.15, 0.2) is 11.6 Å². The van der Waals surface area contributed by atoms with Crippen molar-refractivity contribution >= 4 is 22.0 Å². The lowest BCUT2D eigenvalue weighted by Crippen LogP contribution is -2.50. The average Bonchev–Trinajstić information content (AvgIpc) is 2.30. The first kappa shape index (κ1) is 17.8. The van der Waals surface area contributed by atoms with Crippen LogP contribution in [-0.4, -0.2) is 18.2 Å². The fourth-order valence-corrected chi connectivity index (χ4v) is 2.14. The quantitative estimate of drug-likeness (QED) is 0.807. The normalized spacial score (nSPS) is 14.5. The van der Waals surface area contributed by atoms with E-state index in [4.69, 9.17) is 10.5 Å². The Hall–Kier alpha value is -1.21. The third-order valence-corrected chi connectivity index (χ3v) is 3.23. The first-order valence-electron chi connectivity index (χ1n) is 6.35. The molecule has 0 heterocycles. The number of halogens is 3. The van der Waals surface area contributed by atoms with Crippen LogP contribution >= 0.6 is 15.9 Å². The summed E-state index contributed by atoms with van der Waals surface area (Å²) in [6.07, 6.45) is -0.754. The molecule has 0 aliphatic heterocycles. The van der Waals surface area contributed by atoms with Crippen molar-refractivity contribution in [2.24, 2.45) is 5.73 Å². The fraction of sp³-hybridized carbons (Fsp3) is 0.500. The number of alkyl carbamates (subject to hydrolysis) is 1. The molecule has 1 rings (SSSR count). The SMILES string of the molecule is CC(C)(C)OC(=O)N[C@@](C)(CN)c1cc(Br)cc(F)c1F. The Morgan fingerprint density at radius 2 is 1.90 bits per heavy atom. The molecule has 0 unspecified atom stereocenters. The van der Waals surface area contributed by atoms with Gasteiger partial charge in [0.05, 0.1) is 5.54 Å². The topological polar surface area (TPSA) is 64.3 Å². The second-order valence-corrected chi connectivity index (χ2v) is 6.83. The molecule has 0 aromatic heterocycles. The van der Waals surface area contributed by atoms with E-state index in [2.05, 4.69) is 21.2 Å². The van der Waals surface area contributed by atoms with Crippen LogP contribution < -0.4 is 11.1 Å². The van der Waals surface area contributed by atoms with Crippen LogP contribution in [0.15, 0.2) is 16.6 Å². The number of amides is 1. The molecule has 0 saturated carbocycles. The lowest BCUT2D eigenvalue weighted by atomic mass is 9.91. The number of carbonyl (C=O) groups is 1. The van der Waals surface area contributed by atoms with Crippen molar-refractivity contribution in [2.45, 2.75) is 38.8 Å². The smallest absolute Gasteiger partial charge is 0.408 e. The first-order valence-corrected chi connectivity index (χ1v) is 7.14. The van der Waals surface area contributed by atoms with Crippen molar-refractivity contribution in [1.29, 1.82) is 0 Å². The monoisotopic (exact) mass is 364 g/mol. The van der Waals surface area contributed by atoms with Crippen LogP contribution in [0.5, 0.6) is 0 Å². The first-order chi connectivity index (χ1) is 9.48. The molecule has 1 aromatic carbocycles. The second-order valence-electron chi connectivity index (χ2n) is 5.91. The molecule has 0 aliphatic carbocycles. The number of hydrogen-bond acceptors (Lipinski definition) is 3. The van der Waals surface area contributed by atoms with Crippen LogP contribution in [0.1, 0.15) is 33.3 Å². The minimum Gasteiger partial charge on any atom is -0.444 e. The zero-order valence-electron chi connectivity index (χ0n) is 12.4. The molecular weight excluding hydrogens is 346 g/mol. The Morgan fingerprint density at radius 1 is 1.33 bits per heavy atom. The highest BCUT2D eigenvalue weighted by Gasteiger charge is 2.33. The van der Waals surface area contributed by atoms with Gasteiger partial charge in [0.2, 0.25) is 0 Å². The van der Waals surface area contributed by atoms with Crippen molar-refractivity contribution in [3.8, 4) is 0 Å². The highest BCUT2D eigenvalue weighted by molar-refractivity contribution is 9.10. The number of nitrogens with one attached hydrogen (secondary N) is 1. The summed E-state index contributed by atoms with van der Waals surface area (Å²) in [6, 6.07) is 2.38. The molecule has 0 aliphatic rings. The average molecular weight is 365 g/mol. The lowest BCUT2D eigenvalue weighted by Gasteiger charge is -2.31. The van der Waals surface area contributed by atoms with Crippen molar-refractivity contribution in [2.75, 3.05) is 6.54 Å². The Morgan fingerprint density at radius 3 is 2.38 bits per heavy atom. The summed E-state index contributed by atoms with van der Waals surface area (Å²) < 4.78 is 33.0. The summed E-state index contributed by atoms with van der Waals surface area (Å²) in [5.41, 5.74) is 3.59. The van der Waals surface area contributed by atoms with Gasteiger partial charge in [0.1, 0.15) is 5.60 Å². The molecule has 0 saturated heterocycles. The number of benzene rings is 1. The summed E-state index contributed by atoms with van der Waals surface area (Å²) in [6.45, 7) is 6.48. The van der Waals surface area contributed by atoms with E-state index in [-0.39, 0.29) is 12.1 Å². The molecule has 7 heteroatoms. The van der Waals surface area contributed by atoms with E-state index < -0.39 is 28.9 Å². The van der Waals surface area contributed by atoms with Crippen molar-refractivity contribution in [1.82, 2.24) is 5.32 Å². The van der Waals surface area contributed by atoms with E-state index >= 15 is 0 Å². The molecule has 0 spiro atoms. The van der Waals surface area contributed by atoms with Gasteiger partial charge in [0, 0.05) is 16.6 Å². The molecule has 1 amide bonds. The maximum absolute atomic E-state index is 14.0. The number of ether oxygens (including phenoxy) is 1. The number of rotatable bonds is 3. The van der Waals surface area contributed by atoms with Gasteiger partial charge < -0.3 is 15.8 Å². The maximum Gasteiger partial charge on any atom is 0.408 e. The van der Waals surface area contributed by atoms with Crippen LogP contribution in [0.2, 0.25) is 0 Å². The molecule has 0 fully saturated rings. The molecule has 0 bridgehead atoms. The summed E-state index contributed by atoms with van der Waals surface area (Å²) in [7, 11) is 0. The van der Waals surface area contributed by atoms with Gasteiger partial charge in [-0.3, -0.25) is 0 Å². The maximum atomic E-state index is 14.0. The molecule has 1 atom stereocenters. The minimum absolute atomic E-state index is 0.0530. The number of carbonyl (C=O) groups excluding carboxylic acids is 1. The van der Waals surface area contributed by atoms with Gasteiger partial charge in [-0.05, 0) is 39.8 Å². The summed E-state index contributed by atoms with van der Waals surface area (Å²) in [5, 5.41) is 2.50. The minimum atomic E-state index is -1.29. The van der Waals surface area contributed by atoms with Crippen LogP contribution in [0, 0.1) is 11.6 Å². The Bertz CT molecular complexity index is 547. The van der Waals surface area contributed by atoms with Crippen LogP contribution in [0.3, 0.4) is 0 Å². The lowest BCUT2D eigenvalue weighted by molar-refractivity contribution is 0.0463. The van der Waals surface area contributed by atoms with E-state index in [1.54, 1.807) is 20.8 Å². The van der Waals surface area contributed by atoms with Crippen molar-refractivity contribution in [3.63, 3.8) is 0 Å². The molecular formula is C14H19BrF2N2O2. The highest BCUT2D eigenvalue weighted by Crippen LogP contribution is 2.28. The van der Waals surface area contributed by atoms with Crippen LogP contribution in [0.4, 0.5) is 13.6 Å². The predicted octanol–water partition coefficient (Wildman–Crippen LogP) is 3.43. The second kappa shape index (κ2) is 6.27. The van der Waals surface area contributed by atoms with Crippen molar-refractivity contribution in [3.05, 3.63) is 33.8 Å². The molecule has 1 aromatic rings. The number of hydrogen-bond donors (Lipinski definition) is 2. The Balaban J connectivity index is 3.13. The van der Waals surface area contributed by atoms with Gasteiger partial charge in [0.25, 0.3) is 0 Å². The zero-order chi connectivity index (χ0) is 16.4. The summed E-state index contributed by atoms with van der Waals surface area (Å²) >= 11 is 3.09. The van der Waals surface area contributed by atoms with Gasteiger partial charge in [-0.1, -0.05) is 15.9 Å². The molecule has 3 N–H and O–H groups in total. The molecule has 0 radical (unpaired) electrons. The summed E-state index contributed by atoms with van der Waals surface area (Å²) in [5.74, 6) is -2.08. The largest absolute Gasteiger partial charge is 0.444 e. The summed E-state index contributed by atoms with van der Waals surface area (Å²) in [4.78, 5) is 11.9. The van der Waals surface area contributed by atoms with Crippen LogP contribution in [-0.2, 0) is 10.3 Å². The van der Waals surface area contributed by atoms with Crippen LogP contribution in [0.25, 0.3) is 0 Å². The van der Waals surface area contributed by atoms with E-state index in [0.29, 0.717) is 4.47 Å². The molecule has 118 valence electrons. The zero-order valence-corrected chi connectivity index (χ0v) is 14.0. The van der Waals surface area contributed by atoms with E-state index in [1.165, 1.54) is 13.0 Å². The Kier molecular flexibility index (Phi) is 5.33. The highest BCUT2D eigenvalue weighted by atomic mass is 79.9. The van der Waals surface area contributed by atoms with E-state index in [1.807, 2.05) is 0 Å². The van der Waals surface area contributed by atoms with Gasteiger partial charge >= 0.3 is 6.09 Å². The fourth-order valence-electron chi connectivity index (χ4n) is 1.71. The third kappa shape index (κ3) is 4.64. The number of nitrogens with two attached hydrogens (primary N) is 1. The molecule has 4 nitrogen and oxygen atoms in total. The van der Waals surface area contributed by atoms with Gasteiger partial charge in [-0.15, -0.1) is 0 Å². The third-order valence-electron chi connectivity index (χ3n) is 2.77. The molecule has 21 heavy (non-hydrogen) atoms. The van der Waals surface area contributed by atoms with E-state index in [0.717, 1.165) is 6.07 Å². The van der Waals surface area contributed by atoms with Crippen molar-refractivity contribution < 1.29 is 18.3 Å².